The summed E-state index contributed by atoms with van der Waals surface area (Å²) in [6.45, 7) is 8.62. The lowest BCUT2D eigenvalue weighted by molar-refractivity contribution is -0.121. The summed E-state index contributed by atoms with van der Waals surface area (Å²) in [4.78, 5) is 11.8. The average Bonchev–Trinajstić information content (AvgIpc) is 2.53. The molecule has 0 bridgehead atoms. The summed E-state index contributed by atoms with van der Waals surface area (Å²) >= 11 is 0. The number of aryl methyl sites for hydroxylation is 2. The molecule has 5 heteroatoms. The normalized spacial score (nSPS) is 12.6. The number of carbonyl (C=O) groups is 1. The average molecular weight is 238 g/mol. The van der Waals surface area contributed by atoms with Crippen molar-refractivity contribution in [3.05, 3.63) is 11.9 Å². The molecular formula is C12H22N4O. The Balaban J connectivity index is 2.51. The Morgan fingerprint density at radius 1 is 1.47 bits per heavy atom. The van der Waals surface area contributed by atoms with Gasteiger partial charge in [0.25, 0.3) is 0 Å². The maximum Gasteiger partial charge on any atom is 0.242 e. The molecule has 0 aliphatic carbocycles. The van der Waals surface area contributed by atoms with Gasteiger partial charge >= 0.3 is 0 Å². The number of anilines is 1. The van der Waals surface area contributed by atoms with Crippen LogP contribution in [0, 0.1) is 12.8 Å². The molecule has 0 aliphatic heterocycles. The Hall–Kier alpha value is -1.52. The van der Waals surface area contributed by atoms with Crippen LogP contribution < -0.4 is 10.6 Å². The van der Waals surface area contributed by atoms with E-state index in [1.54, 1.807) is 4.68 Å². The van der Waals surface area contributed by atoms with E-state index in [2.05, 4.69) is 29.6 Å². The first kappa shape index (κ1) is 13.5. The minimum Gasteiger partial charge on any atom is -0.371 e. The second kappa shape index (κ2) is 5.70. The minimum absolute atomic E-state index is 0.0157. The summed E-state index contributed by atoms with van der Waals surface area (Å²) in [6, 6.07) is -0.253. The lowest BCUT2D eigenvalue weighted by atomic mass is 10.2. The van der Waals surface area contributed by atoms with Gasteiger partial charge in [-0.15, -0.1) is 0 Å². The number of hydrogen-bond donors (Lipinski definition) is 2. The van der Waals surface area contributed by atoms with E-state index in [4.69, 9.17) is 0 Å². The van der Waals surface area contributed by atoms with Gasteiger partial charge in [-0.3, -0.25) is 9.48 Å². The molecule has 5 nitrogen and oxygen atoms in total. The molecule has 2 N–H and O–H groups in total. The highest BCUT2D eigenvalue weighted by atomic mass is 16.2. The van der Waals surface area contributed by atoms with Crippen molar-refractivity contribution in [2.24, 2.45) is 13.0 Å². The fraction of sp³-hybridized carbons (Fsp3) is 0.667. The minimum atomic E-state index is -0.253. The van der Waals surface area contributed by atoms with E-state index in [9.17, 15) is 4.79 Å². The number of rotatable bonds is 5. The predicted molar refractivity (Wildman–Crippen MR) is 68.9 cm³/mol. The van der Waals surface area contributed by atoms with Crippen molar-refractivity contribution in [3.63, 3.8) is 0 Å². The van der Waals surface area contributed by atoms with Crippen LogP contribution in [-0.4, -0.2) is 28.3 Å². The fourth-order valence-corrected chi connectivity index (χ4v) is 1.50. The predicted octanol–water partition coefficient (Wildman–Crippen LogP) is 1.30. The van der Waals surface area contributed by atoms with Crippen LogP contribution in [0.4, 0.5) is 5.69 Å². The van der Waals surface area contributed by atoms with E-state index in [1.165, 1.54) is 0 Å². The zero-order valence-electron chi connectivity index (χ0n) is 11.2. The second-order valence-electron chi connectivity index (χ2n) is 4.81. The molecule has 0 radical (unpaired) electrons. The Labute approximate surface area is 103 Å². The van der Waals surface area contributed by atoms with Crippen LogP contribution in [0.2, 0.25) is 0 Å². The molecule has 1 amide bonds. The van der Waals surface area contributed by atoms with Gasteiger partial charge in [0.1, 0.15) is 6.04 Å². The van der Waals surface area contributed by atoms with Crippen molar-refractivity contribution in [1.29, 1.82) is 0 Å². The highest BCUT2D eigenvalue weighted by Gasteiger charge is 2.14. The maximum absolute atomic E-state index is 11.8. The summed E-state index contributed by atoms with van der Waals surface area (Å²) in [5.41, 5.74) is 1.80. The van der Waals surface area contributed by atoms with E-state index in [0.717, 1.165) is 11.4 Å². The van der Waals surface area contributed by atoms with Gasteiger partial charge in [-0.25, -0.2) is 0 Å². The zero-order valence-corrected chi connectivity index (χ0v) is 11.2. The highest BCUT2D eigenvalue weighted by Crippen LogP contribution is 2.12. The van der Waals surface area contributed by atoms with E-state index < -0.39 is 0 Å². The fourth-order valence-electron chi connectivity index (χ4n) is 1.50. The SMILES string of the molecule is Cc1nn(C)cc1NC(C)C(=O)NCC(C)C. The topological polar surface area (TPSA) is 59.0 Å². The molecule has 0 aromatic carbocycles. The molecule has 0 aliphatic rings. The lowest BCUT2D eigenvalue weighted by Gasteiger charge is -2.15. The molecule has 1 unspecified atom stereocenters. The Morgan fingerprint density at radius 3 is 2.59 bits per heavy atom. The van der Waals surface area contributed by atoms with Crippen LogP contribution in [0.15, 0.2) is 6.20 Å². The standard InChI is InChI=1S/C12H22N4O/c1-8(2)6-13-12(17)10(4)14-11-7-16(5)15-9(11)3/h7-8,10,14H,6H2,1-5H3,(H,13,17). The molecule has 0 spiro atoms. The van der Waals surface area contributed by atoms with Crippen molar-refractivity contribution in [3.8, 4) is 0 Å². The number of hydrogen-bond acceptors (Lipinski definition) is 3. The van der Waals surface area contributed by atoms with Crippen molar-refractivity contribution >= 4 is 11.6 Å². The molecule has 96 valence electrons. The van der Waals surface area contributed by atoms with Crippen molar-refractivity contribution in [2.75, 3.05) is 11.9 Å². The first-order valence-corrected chi connectivity index (χ1v) is 5.94. The summed E-state index contributed by atoms with van der Waals surface area (Å²) < 4.78 is 1.73. The van der Waals surface area contributed by atoms with E-state index in [0.29, 0.717) is 12.5 Å². The number of nitrogens with zero attached hydrogens (tertiary/aromatic N) is 2. The van der Waals surface area contributed by atoms with Crippen molar-refractivity contribution < 1.29 is 4.79 Å². The first-order valence-electron chi connectivity index (χ1n) is 5.94. The Kier molecular flexibility index (Phi) is 4.54. The van der Waals surface area contributed by atoms with Gasteiger partial charge in [0.2, 0.25) is 5.91 Å². The van der Waals surface area contributed by atoms with Crippen molar-refractivity contribution in [2.45, 2.75) is 33.7 Å². The van der Waals surface area contributed by atoms with Gasteiger partial charge in [0, 0.05) is 19.8 Å². The monoisotopic (exact) mass is 238 g/mol. The number of nitrogens with one attached hydrogen (secondary N) is 2. The maximum atomic E-state index is 11.8. The molecular weight excluding hydrogens is 216 g/mol. The molecule has 17 heavy (non-hydrogen) atoms. The Morgan fingerprint density at radius 2 is 2.12 bits per heavy atom. The van der Waals surface area contributed by atoms with Crippen LogP contribution >= 0.6 is 0 Å². The van der Waals surface area contributed by atoms with Gasteiger partial charge in [-0.1, -0.05) is 13.8 Å². The number of carbonyl (C=O) groups excluding carboxylic acids is 1. The van der Waals surface area contributed by atoms with E-state index >= 15 is 0 Å². The zero-order chi connectivity index (χ0) is 13.0. The molecule has 1 heterocycles. The second-order valence-corrected chi connectivity index (χ2v) is 4.81. The quantitative estimate of drug-likeness (QED) is 0.813. The molecule has 0 saturated carbocycles. The van der Waals surface area contributed by atoms with Crippen molar-refractivity contribution in [1.82, 2.24) is 15.1 Å². The van der Waals surface area contributed by atoms with Gasteiger partial charge in [-0.05, 0) is 19.8 Å². The smallest absolute Gasteiger partial charge is 0.242 e. The van der Waals surface area contributed by atoms with Gasteiger partial charge in [0.05, 0.1) is 11.4 Å². The van der Waals surface area contributed by atoms with Crippen LogP contribution in [0.3, 0.4) is 0 Å². The molecule has 0 saturated heterocycles. The third-order valence-corrected chi connectivity index (χ3v) is 2.46. The largest absolute Gasteiger partial charge is 0.371 e. The van der Waals surface area contributed by atoms with E-state index in [1.807, 2.05) is 27.1 Å². The number of amides is 1. The lowest BCUT2D eigenvalue weighted by Crippen LogP contribution is -2.39. The Bertz CT molecular complexity index is 384. The van der Waals surface area contributed by atoms with Crippen LogP contribution in [0.1, 0.15) is 26.5 Å². The van der Waals surface area contributed by atoms with Gasteiger partial charge in [0.15, 0.2) is 0 Å². The molecule has 1 aromatic rings. The first-order chi connectivity index (χ1) is 7.90. The van der Waals surface area contributed by atoms with Crippen LogP contribution in [-0.2, 0) is 11.8 Å². The van der Waals surface area contributed by atoms with Gasteiger partial charge in [-0.2, -0.15) is 5.10 Å². The van der Waals surface area contributed by atoms with Gasteiger partial charge < -0.3 is 10.6 Å². The summed E-state index contributed by atoms with van der Waals surface area (Å²) in [5, 5.41) is 10.3. The molecule has 1 atom stereocenters. The van der Waals surface area contributed by atoms with E-state index in [-0.39, 0.29) is 11.9 Å². The molecule has 1 rings (SSSR count). The van der Waals surface area contributed by atoms with Crippen LogP contribution in [0.5, 0.6) is 0 Å². The highest BCUT2D eigenvalue weighted by molar-refractivity contribution is 5.84. The third-order valence-electron chi connectivity index (χ3n) is 2.46. The molecule has 1 aromatic heterocycles. The number of aromatic nitrogens is 2. The van der Waals surface area contributed by atoms with Crippen LogP contribution in [0.25, 0.3) is 0 Å². The summed E-state index contributed by atoms with van der Waals surface area (Å²) in [5.74, 6) is 0.480. The summed E-state index contributed by atoms with van der Waals surface area (Å²) in [7, 11) is 1.86. The summed E-state index contributed by atoms with van der Waals surface area (Å²) in [6.07, 6.45) is 1.88. The molecule has 0 fully saturated rings. The third kappa shape index (κ3) is 4.09.